The lowest BCUT2D eigenvalue weighted by atomic mass is 10.0. The van der Waals surface area contributed by atoms with Crippen molar-refractivity contribution in [1.82, 2.24) is 10.3 Å². The topological polar surface area (TPSA) is 71.1 Å². The van der Waals surface area contributed by atoms with Crippen LogP contribution >= 0.6 is 11.3 Å². The molecule has 0 spiro atoms. The van der Waals surface area contributed by atoms with E-state index in [1.807, 2.05) is 36.4 Å². The van der Waals surface area contributed by atoms with Crippen molar-refractivity contribution in [2.45, 2.75) is 17.2 Å². The van der Waals surface area contributed by atoms with E-state index in [4.69, 9.17) is 0 Å². The Kier molecular flexibility index (Phi) is 4.29. The van der Waals surface area contributed by atoms with Crippen LogP contribution in [-0.2, 0) is 23.0 Å². The molecule has 0 aliphatic carbocycles. The van der Waals surface area contributed by atoms with Crippen LogP contribution in [0.15, 0.2) is 58.9 Å². The molecule has 3 heterocycles. The summed E-state index contributed by atoms with van der Waals surface area (Å²) in [5.41, 5.74) is 3.78. The second kappa shape index (κ2) is 6.59. The molecule has 1 aliphatic heterocycles. The maximum atomic E-state index is 12.7. The largest absolute Gasteiger partial charge is 0.312 e. The van der Waals surface area contributed by atoms with Crippen LogP contribution in [0, 0.1) is 0 Å². The van der Waals surface area contributed by atoms with Crippen molar-refractivity contribution in [2.24, 2.45) is 0 Å². The fourth-order valence-electron chi connectivity index (χ4n) is 2.86. The van der Waals surface area contributed by atoms with Gasteiger partial charge in [0.25, 0.3) is 10.0 Å². The highest BCUT2D eigenvalue weighted by molar-refractivity contribution is 7.94. The Bertz CT molecular complexity index is 998. The second-order valence-electron chi connectivity index (χ2n) is 5.85. The van der Waals surface area contributed by atoms with E-state index >= 15 is 0 Å². The van der Waals surface area contributed by atoms with Gasteiger partial charge >= 0.3 is 0 Å². The Balaban J connectivity index is 1.59. The quantitative estimate of drug-likeness (QED) is 0.738. The molecule has 0 saturated heterocycles. The zero-order valence-corrected chi connectivity index (χ0v) is 15.0. The fraction of sp³-hybridized carbons (Fsp3) is 0.167. The highest BCUT2D eigenvalue weighted by atomic mass is 32.2. The minimum atomic E-state index is -3.61. The third-order valence-corrected chi connectivity index (χ3v) is 7.09. The molecule has 2 aromatic heterocycles. The first kappa shape index (κ1) is 16.3. The van der Waals surface area contributed by atoms with E-state index in [0.717, 1.165) is 35.6 Å². The zero-order chi connectivity index (χ0) is 17.3. The Morgan fingerprint density at radius 2 is 2.00 bits per heavy atom. The SMILES string of the molecule is O=S(=O)(Nc1ccc2c(c1)CNCC2)c1ccc(-c2ccccn2)s1. The number of nitrogens with zero attached hydrogens (tertiary/aromatic N) is 1. The van der Waals surface area contributed by atoms with Crippen LogP contribution in [-0.4, -0.2) is 19.9 Å². The van der Waals surface area contributed by atoms with Gasteiger partial charge in [0.15, 0.2) is 0 Å². The highest BCUT2D eigenvalue weighted by Gasteiger charge is 2.19. The van der Waals surface area contributed by atoms with Crippen molar-refractivity contribution >= 4 is 27.0 Å². The minimum Gasteiger partial charge on any atom is -0.312 e. The summed E-state index contributed by atoms with van der Waals surface area (Å²) in [6.07, 6.45) is 2.67. The maximum absolute atomic E-state index is 12.7. The minimum absolute atomic E-state index is 0.281. The molecular formula is C18H17N3O2S2. The summed E-state index contributed by atoms with van der Waals surface area (Å²) >= 11 is 1.22. The molecule has 25 heavy (non-hydrogen) atoms. The molecule has 0 amide bonds. The molecule has 3 aromatic rings. The molecule has 0 bridgehead atoms. The molecule has 0 unspecified atom stereocenters. The Morgan fingerprint density at radius 3 is 2.84 bits per heavy atom. The van der Waals surface area contributed by atoms with E-state index in [1.54, 1.807) is 18.3 Å². The Hall–Kier alpha value is -2.22. The number of rotatable bonds is 4. The highest BCUT2D eigenvalue weighted by Crippen LogP contribution is 2.31. The first-order chi connectivity index (χ1) is 12.1. The van der Waals surface area contributed by atoms with Crippen molar-refractivity contribution in [3.63, 3.8) is 0 Å². The Labute approximate surface area is 150 Å². The van der Waals surface area contributed by atoms with Crippen molar-refractivity contribution in [3.8, 4) is 10.6 Å². The van der Waals surface area contributed by atoms with Crippen molar-refractivity contribution < 1.29 is 8.42 Å². The van der Waals surface area contributed by atoms with Gasteiger partial charge in [-0.05, 0) is 60.5 Å². The van der Waals surface area contributed by atoms with E-state index in [1.165, 1.54) is 16.9 Å². The number of fused-ring (bicyclic) bond motifs is 1. The molecule has 0 atom stereocenters. The molecule has 0 saturated carbocycles. The monoisotopic (exact) mass is 371 g/mol. The van der Waals surface area contributed by atoms with E-state index < -0.39 is 10.0 Å². The molecule has 0 fully saturated rings. The standard InChI is InChI=1S/C18H17N3O2S2/c22-25(23,18-7-6-17(24-18)16-3-1-2-9-20-16)21-15-5-4-13-8-10-19-12-14(13)11-15/h1-7,9,11,19,21H,8,10,12H2. The van der Waals surface area contributed by atoms with Crippen molar-refractivity contribution in [2.75, 3.05) is 11.3 Å². The third kappa shape index (κ3) is 3.44. The van der Waals surface area contributed by atoms with E-state index in [0.29, 0.717) is 5.69 Å². The number of hydrogen-bond donors (Lipinski definition) is 2. The van der Waals surface area contributed by atoms with Crippen LogP contribution in [0.3, 0.4) is 0 Å². The van der Waals surface area contributed by atoms with Gasteiger partial charge in [0, 0.05) is 18.4 Å². The zero-order valence-electron chi connectivity index (χ0n) is 13.4. The van der Waals surface area contributed by atoms with Gasteiger partial charge in [0.1, 0.15) is 4.21 Å². The van der Waals surface area contributed by atoms with Crippen molar-refractivity contribution in [1.29, 1.82) is 0 Å². The molecule has 2 N–H and O–H groups in total. The Morgan fingerprint density at radius 1 is 1.08 bits per heavy atom. The fourth-order valence-corrected chi connectivity index (χ4v) is 5.19. The molecule has 1 aromatic carbocycles. The van der Waals surface area contributed by atoms with Gasteiger partial charge < -0.3 is 5.32 Å². The van der Waals surface area contributed by atoms with Gasteiger partial charge in [-0.1, -0.05) is 12.1 Å². The molecule has 128 valence electrons. The van der Waals surface area contributed by atoms with Gasteiger partial charge in [-0.2, -0.15) is 0 Å². The van der Waals surface area contributed by atoms with Crippen LogP contribution < -0.4 is 10.0 Å². The lowest BCUT2D eigenvalue weighted by Crippen LogP contribution is -2.23. The van der Waals surface area contributed by atoms with Gasteiger partial charge in [-0.3, -0.25) is 9.71 Å². The summed E-state index contributed by atoms with van der Waals surface area (Å²) in [4.78, 5) is 5.09. The van der Waals surface area contributed by atoms with E-state index in [-0.39, 0.29) is 4.21 Å². The van der Waals surface area contributed by atoms with Crippen LogP contribution in [0.5, 0.6) is 0 Å². The molecule has 7 heteroatoms. The van der Waals surface area contributed by atoms with Crippen LogP contribution in [0.2, 0.25) is 0 Å². The average molecular weight is 371 g/mol. The number of nitrogens with one attached hydrogen (secondary N) is 2. The first-order valence-corrected chi connectivity index (χ1v) is 10.3. The van der Waals surface area contributed by atoms with Crippen LogP contribution in [0.25, 0.3) is 10.6 Å². The lowest BCUT2D eigenvalue weighted by molar-refractivity contribution is 0.603. The predicted octanol–water partition coefficient (Wildman–Crippen LogP) is 3.26. The van der Waals surface area contributed by atoms with Gasteiger partial charge in [0.2, 0.25) is 0 Å². The lowest BCUT2D eigenvalue weighted by Gasteiger charge is -2.18. The van der Waals surface area contributed by atoms with Crippen LogP contribution in [0.4, 0.5) is 5.69 Å². The first-order valence-electron chi connectivity index (χ1n) is 7.98. The van der Waals surface area contributed by atoms with Gasteiger partial charge in [-0.25, -0.2) is 8.42 Å². The summed E-state index contributed by atoms with van der Waals surface area (Å²) in [6.45, 7) is 1.73. The molecule has 4 rings (SSSR count). The number of thiophene rings is 1. The predicted molar refractivity (Wildman–Crippen MR) is 100 cm³/mol. The molecule has 1 aliphatic rings. The number of anilines is 1. The summed E-state index contributed by atoms with van der Waals surface area (Å²) < 4.78 is 28.3. The second-order valence-corrected chi connectivity index (χ2v) is 8.84. The average Bonchev–Trinajstić information content (AvgIpc) is 3.13. The number of sulfonamides is 1. The molecular weight excluding hydrogens is 354 g/mol. The third-order valence-electron chi connectivity index (χ3n) is 4.11. The summed E-state index contributed by atoms with van der Waals surface area (Å²) in [6, 6.07) is 14.7. The number of aromatic nitrogens is 1. The molecule has 5 nitrogen and oxygen atoms in total. The van der Waals surface area contributed by atoms with Gasteiger partial charge in [-0.15, -0.1) is 11.3 Å². The maximum Gasteiger partial charge on any atom is 0.271 e. The smallest absolute Gasteiger partial charge is 0.271 e. The van der Waals surface area contributed by atoms with Crippen LogP contribution in [0.1, 0.15) is 11.1 Å². The van der Waals surface area contributed by atoms with Gasteiger partial charge in [0.05, 0.1) is 10.6 Å². The molecule has 0 radical (unpaired) electrons. The van der Waals surface area contributed by atoms with Crippen molar-refractivity contribution in [3.05, 3.63) is 65.9 Å². The summed E-state index contributed by atoms with van der Waals surface area (Å²) in [5.74, 6) is 0. The van der Waals surface area contributed by atoms with E-state index in [9.17, 15) is 8.42 Å². The number of hydrogen-bond acceptors (Lipinski definition) is 5. The number of pyridine rings is 1. The number of benzene rings is 1. The normalized spacial score (nSPS) is 14.1. The summed E-state index contributed by atoms with van der Waals surface area (Å²) in [7, 11) is -3.61. The summed E-state index contributed by atoms with van der Waals surface area (Å²) in [5, 5.41) is 3.30. The van der Waals surface area contributed by atoms with E-state index in [2.05, 4.69) is 15.0 Å².